The van der Waals surface area contributed by atoms with E-state index < -0.39 is 0 Å². The zero-order chi connectivity index (χ0) is 24.2. The number of carbonyl (C=O) groups excluding carboxylic acids is 2. The predicted molar refractivity (Wildman–Crippen MR) is 132 cm³/mol. The minimum atomic E-state index is -0.308. The molecule has 176 valence electrons. The summed E-state index contributed by atoms with van der Waals surface area (Å²) < 4.78 is 10.7. The third kappa shape index (κ3) is 4.55. The zero-order valence-electron chi connectivity index (χ0n) is 19.7. The van der Waals surface area contributed by atoms with Crippen molar-refractivity contribution >= 4 is 23.3 Å². The SMILES string of the molecule is COc1ccc(NC(=O)N2c3ccc(OC)cc3[C@@H](NC(C)=O)[C@H](C)[C@H]2c2ccccc2)cc1. The topological polar surface area (TPSA) is 79.9 Å². The molecule has 3 aromatic rings. The first-order valence-corrected chi connectivity index (χ1v) is 11.2. The minimum Gasteiger partial charge on any atom is -0.497 e. The maximum atomic E-state index is 13.8. The Morgan fingerprint density at radius 1 is 0.882 bits per heavy atom. The van der Waals surface area contributed by atoms with Crippen LogP contribution in [0.2, 0.25) is 0 Å². The summed E-state index contributed by atoms with van der Waals surface area (Å²) in [4.78, 5) is 27.7. The number of carbonyl (C=O) groups is 2. The summed E-state index contributed by atoms with van der Waals surface area (Å²) in [7, 11) is 3.20. The molecule has 1 aliphatic rings. The molecule has 0 radical (unpaired) electrons. The highest BCUT2D eigenvalue weighted by Gasteiger charge is 2.43. The van der Waals surface area contributed by atoms with Crippen LogP contribution in [-0.4, -0.2) is 26.2 Å². The molecule has 1 heterocycles. The Morgan fingerprint density at radius 3 is 2.15 bits per heavy atom. The summed E-state index contributed by atoms with van der Waals surface area (Å²) in [5.74, 6) is 1.12. The van der Waals surface area contributed by atoms with Gasteiger partial charge in [0.1, 0.15) is 11.5 Å². The van der Waals surface area contributed by atoms with Gasteiger partial charge in [0.2, 0.25) is 5.91 Å². The maximum Gasteiger partial charge on any atom is 0.326 e. The molecule has 3 amide bonds. The van der Waals surface area contributed by atoms with Gasteiger partial charge < -0.3 is 20.1 Å². The number of anilines is 2. The Balaban J connectivity index is 1.82. The molecule has 7 nitrogen and oxygen atoms in total. The summed E-state index contributed by atoms with van der Waals surface area (Å²) in [6, 6.07) is 21.8. The third-order valence-electron chi connectivity index (χ3n) is 6.19. The molecule has 3 aromatic carbocycles. The van der Waals surface area contributed by atoms with Crippen LogP contribution >= 0.6 is 0 Å². The number of nitrogens with one attached hydrogen (secondary N) is 2. The molecule has 34 heavy (non-hydrogen) atoms. The normalized spacial score (nSPS) is 19.1. The number of ether oxygens (including phenoxy) is 2. The molecule has 7 heteroatoms. The van der Waals surface area contributed by atoms with Crippen LogP contribution < -0.4 is 25.0 Å². The van der Waals surface area contributed by atoms with Crippen molar-refractivity contribution in [2.75, 3.05) is 24.4 Å². The number of methoxy groups -OCH3 is 2. The molecule has 0 bridgehead atoms. The quantitative estimate of drug-likeness (QED) is 0.542. The van der Waals surface area contributed by atoms with E-state index in [9.17, 15) is 9.59 Å². The lowest BCUT2D eigenvalue weighted by Gasteiger charge is -2.45. The number of benzene rings is 3. The van der Waals surface area contributed by atoms with Crippen molar-refractivity contribution in [3.63, 3.8) is 0 Å². The van der Waals surface area contributed by atoms with Crippen molar-refractivity contribution in [2.45, 2.75) is 25.9 Å². The highest BCUT2D eigenvalue weighted by Crippen LogP contribution is 2.48. The summed E-state index contributed by atoms with van der Waals surface area (Å²) in [5, 5.41) is 6.12. The van der Waals surface area contributed by atoms with Gasteiger partial charge in [-0.15, -0.1) is 0 Å². The largest absolute Gasteiger partial charge is 0.497 e. The van der Waals surface area contributed by atoms with Gasteiger partial charge in [-0.05, 0) is 48.0 Å². The fourth-order valence-corrected chi connectivity index (χ4v) is 4.60. The fourth-order valence-electron chi connectivity index (χ4n) is 4.60. The van der Waals surface area contributed by atoms with Crippen molar-refractivity contribution in [3.05, 3.63) is 83.9 Å². The van der Waals surface area contributed by atoms with E-state index in [0.717, 1.165) is 16.8 Å². The van der Waals surface area contributed by atoms with Gasteiger partial charge in [0.05, 0.1) is 32.0 Å². The highest BCUT2D eigenvalue weighted by atomic mass is 16.5. The Hall–Kier alpha value is -4.00. The van der Waals surface area contributed by atoms with Crippen LogP contribution in [0.5, 0.6) is 11.5 Å². The Bertz CT molecular complexity index is 1160. The Morgan fingerprint density at radius 2 is 1.53 bits per heavy atom. The van der Waals surface area contributed by atoms with Gasteiger partial charge in [0.25, 0.3) is 0 Å². The summed E-state index contributed by atoms with van der Waals surface area (Å²) in [6.45, 7) is 3.56. The number of rotatable bonds is 5. The van der Waals surface area contributed by atoms with E-state index in [2.05, 4.69) is 10.6 Å². The molecule has 0 saturated heterocycles. The average Bonchev–Trinajstić information content (AvgIpc) is 2.85. The van der Waals surface area contributed by atoms with Crippen molar-refractivity contribution in [1.29, 1.82) is 0 Å². The van der Waals surface area contributed by atoms with Gasteiger partial charge in [-0.3, -0.25) is 9.69 Å². The minimum absolute atomic E-state index is 0.118. The average molecular weight is 460 g/mol. The monoisotopic (exact) mass is 459 g/mol. The molecule has 2 N–H and O–H groups in total. The second-order valence-electron chi connectivity index (χ2n) is 8.35. The van der Waals surface area contributed by atoms with Crippen LogP contribution in [0.25, 0.3) is 0 Å². The molecular formula is C27H29N3O4. The third-order valence-corrected chi connectivity index (χ3v) is 6.19. The molecule has 4 rings (SSSR count). The van der Waals surface area contributed by atoms with Crippen LogP contribution in [0.3, 0.4) is 0 Å². The maximum absolute atomic E-state index is 13.8. The molecule has 0 saturated carbocycles. The molecule has 0 unspecified atom stereocenters. The smallest absolute Gasteiger partial charge is 0.326 e. The molecule has 0 fully saturated rings. The first-order chi connectivity index (χ1) is 16.4. The second kappa shape index (κ2) is 9.87. The Labute approximate surface area is 199 Å². The van der Waals surface area contributed by atoms with Gasteiger partial charge in [0.15, 0.2) is 0 Å². The number of amides is 3. The van der Waals surface area contributed by atoms with Gasteiger partial charge in [-0.2, -0.15) is 0 Å². The van der Waals surface area contributed by atoms with Crippen LogP contribution in [-0.2, 0) is 4.79 Å². The molecule has 1 aliphatic heterocycles. The van der Waals surface area contributed by atoms with Gasteiger partial charge >= 0.3 is 6.03 Å². The van der Waals surface area contributed by atoms with Crippen LogP contribution in [0.15, 0.2) is 72.8 Å². The summed E-state index contributed by atoms with van der Waals surface area (Å²) in [6.07, 6.45) is 0. The standard InChI is InChI=1S/C27H29N3O4/c1-17-25(28-18(2)31)23-16-22(34-4)14-15-24(23)30(26(17)19-8-6-5-7-9-19)27(32)29-20-10-12-21(33-3)13-11-20/h5-17,25-26H,1-4H3,(H,28,31)(H,29,32)/t17-,25-,26-/m0/s1. The number of nitrogens with zero attached hydrogens (tertiary/aromatic N) is 1. The van der Waals surface area contributed by atoms with E-state index >= 15 is 0 Å². The number of hydrogen-bond donors (Lipinski definition) is 2. The van der Waals surface area contributed by atoms with E-state index in [0.29, 0.717) is 17.2 Å². The number of urea groups is 1. The van der Waals surface area contributed by atoms with Gasteiger partial charge in [0, 0.05) is 24.1 Å². The van der Waals surface area contributed by atoms with Crippen LogP contribution in [0, 0.1) is 5.92 Å². The Kier molecular flexibility index (Phi) is 6.72. The van der Waals surface area contributed by atoms with E-state index in [1.807, 2.05) is 55.5 Å². The van der Waals surface area contributed by atoms with Crippen molar-refractivity contribution in [2.24, 2.45) is 5.92 Å². The lowest BCUT2D eigenvalue weighted by Crippen LogP contribution is -2.49. The van der Waals surface area contributed by atoms with Crippen LogP contribution in [0.4, 0.5) is 16.2 Å². The fraction of sp³-hybridized carbons (Fsp3) is 0.259. The van der Waals surface area contributed by atoms with E-state index in [-0.39, 0.29) is 29.9 Å². The molecule has 3 atom stereocenters. The first kappa shape index (κ1) is 23.2. The molecule has 0 aromatic heterocycles. The molecule has 0 aliphatic carbocycles. The highest BCUT2D eigenvalue weighted by molar-refractivity contribution is 6.03. The zero-order valence-corrected chi connectivity index (χ0v) is 19.7. The first-order valence-electron chi connectivity index (χ1n) is 11.2. The molecule has 0 spiro atoms. The predicted octanol–water partition coefficient (Wildman–Crippen LogP) is 5.31. The van der Waals surface area contributed by atoms with E-state index in [4.69, 9.17) is 9.47 Å². The van der Waals surface area contributed by atoms with Crippen molar-refractivity contribution in [1.82, 2.24) is 5.32 Å². The lowest BCUT2D eigenvalue weighted by molar-refractivity contribution is -0.120. The molecular weight excluding hydrogens is 430 g/mol. The van der Waals surface area contributed by atoms with Gasteiger partial charge in [-0.25, -0.2) is 4.79 Å². The second-order valence-corrected chi connectivity index (χ2v) is 8.35. The summed E-state index contributed by atoms with van der Waals surface area (Å²) >= 11 is 0. The van der Waals surface area contributed by atoms with Crippen molar-refractivity contribution < 1.29 is 19.1 Å². The van der Waals surface area contributed by atoms with Crippen molar-refractivity contribution in [3.8, 4) is 11.5 Å². The summed E-state index contributed by atoms with van der Waals surface area (Å²) in [5.41, 5.74) is 3.19. The number of fused-ring (bicyclic) bond motifs is 1. The number of hydrogen-bond acceptors (Lipinski definition) is 4. The van der Waals surface area contributed by atoms with Crippen LogP contribution in [0.1, 0.15) is 37.1 Å². The van der Waals surface area contributed by atoms with E-state index in [1.165, 1.54) is 6.92 Å². The van der Waals surface area contributed by atoms with E-state index in [1.54, 1.807) is 43.4 Å². The lowest BCUT2D eigenvalue weighted by atomic mass is 9.79. The van der Waals surface area contributed by atoms with Gasteiger partial charge in [-0.1, -0.05) is 37.3 Å².